The van der Waals surface area contributed by atoms with Gasteiger partial charge in [0.1, 0.15) is 5.69 Å². The Hall–Kier alpha value is -2.77. The summed E-state index contributed by atoms with van der Waals surface area (Å²) in [6.45, 7) is 1.20. The second kappa shape index (κ2) is 7.85. The number of carbonyl (C=O) groups is 1. The van der Waals surface area contributed by atoms with Gasteiger partial charge in [0.05, 0.1) is 11.8 Å². The number of pyridine rings is 1. The van der Waals surface area contributed by atoms with Gasteiger partial charge in [-0.25, -0.2) is 4.68 Å². The molecule has 138 valence electrons. The lowest BCUT2D eigenvalue weighted by molar-refractivity contribution is 0.0854. The molecule has 0 radical (unpaired) electrons. The first-order valence-corrected chi connectivity index (χ1v) is 9.12. The van der Waals surface area contributed by atoms with Crippen molar-refractivity contribution < 1.29 is 9.53 Å². The third-order valence-corrected chi connectivity index (χ3v) is 4.66. The number of hydrogen-bond acceptors (Lipinski definition) is 5. The number of rotatable bonds is 5. The van der Waals surface area contributed by atoms with E-state index in [1.807, 2.05) is 24.3 Å². The van der Waals surface area contributed by atoms with Crippen LogP contribution >= 0.6 is 11.6 Å². The normalized spacial score (nSPS) is 16.4. The summed E-state index contributed by atoms with van der Waals surface area (Å²) in [5, 5.41) is 11.9. The van der Waals surface area contributed by atoms with Crippen LogP contribution in [0.3, 0.4) is 0 Å². The van der Waals surface area contributed by atoms with E-state index >= 15 is 0 Å². The van der Waals surface area contributed by atoms with E-state index in [2.05, 4.69) is 20.6 Å². The van der Waals surface area contributed by atoms with Gasteiger partial charge >= 0.3 is 0 Å². The number of aromatic nitrogens is 4. The van der Waals surface area contributed by atoms with Crippen LogP contribution in [0.1, 0.15) is 23.3 Å². The van der Waals surface area contributed by atoms with Gasteiger partial charge in [-0.1, -0.05) is 16.8 Å². The molecule has 7 nitrogen and oxygen atoms in total. The Morgan fingerprint density at radius 3 is 2.85 bits per heavy atom. The predicted octanol–water partition coefficient (Wildman–Crippen LogP) is 2.89. The molecule has 1 saturated heterocycles. The number of benzene rings is 1. The first kappa shape index (κ1) is 17.6. The van der Waals surface area contributed by atoms with Crippen LogP contribution in [0.4, 0.5) is 0 Å². The predicted molar refractivity (Wildman–Crippen MR) is 101 cm³/mol. The molecule has 8 heteroatoms. The summed E-state index contributed by atoms with van der Waals surface area (Å²) in [7, 11) is 0. The van der Waals surface area contributed by atoms with Crippen molar-refractivity contribution in [1.29, 1.82) is 0 Å². The number of nitrogens with zero attached hydrogens (tertiary/aromatic N) is 4. The van der Waals surface area contributed by atoms with E-state index in [0.29, 0.717) is 17.3 Å². The van der Waals surface area contributed by atoms with Crippen molar-refractivity contribution in [3.05, 3.63) is 59.5 Å². The number of amides is 1. The van der Waals surface area contributed by atoms with Gasteiger partial charge in [-0.3, -0.25) is 9.78 Å². The minimum atomic E-state index is -0.287. The molecule has 1 N–H and O–H groups in total. The van der Waals surface area contributed by atoms with E-state index < -0.39 is 0 Å². The van der Waals surface area contributed by atoms with Crippen LogP contribution in [0, 0.1) is 0 Å². The van der Waals surface area contributed by atoms with Crippen molar-refractivity contribution in [2.45, 2.75) is 18.9 Å². The third-order valence-electron chi connectivity index (χ3n) is 4.41. The molecule has 1 aliphatic heterocycles. The van der Waals surface area contributed by atoms with E-state index in [1.54, 1.807) is 29.2 Å². The first-order chi connectivity index (χ1) is 13.2. The van der Waals surface area contributed by atoms with E-state index in [1.165, 1.54) is 0 Å². The molecular formula is C19H18ClN5O2. The van der Waals surface area contributed by atoms with Gasteiger partial charge < -0.3 is 10.1 Å². The number of ether oxygens (including phenoxy) is 1. The molecule has 0 bridgehead atoms. The monoisotopic (exact) mass is 383 g/mol. The maximum atomic E-state index is 12.8. The highest BCUT2D eigenvalue weighted by Gasteiger charge is 2.24. The van der Waals surface area contributed by atoms with Gasteiger partial charge in [0.25, 0.3) is 5.91 Å². The first-order valence-electron chi connectivity index (χ1n) is 8.74. The zero-order chi connectivity index (χ0) is 18.6. The summed E-state index contributed by atoms with van der Waals surface area (Å²) < 4.78 is 7.18. The van der Waals surface area contributed by atoms with Gasteiger partial charge in [0.2, 0.25) is 0 Å². The summed E-state index contributed by atoms with van der Waals surface area (Å²) >= 11 is 5.98. The fourth-order valence-corrected chi connectivity index (χ4v) is 3.18. The van der Waals surface area contributed by atoms with Crippen LogP contribution in [-0.2, 0) is 4.74 Å². The Bertz CT molecular complexity index is 921. The number of hydrogen-bond donors (Lipinski definition) is 1. The minimum Gasteiger partial charge on any atom is -0.376 e. The summed E-state index contributed by atoms with van der Waals surface area (Å²) in [5.74, 6) is -0.287. The Kier molecular flexibility index (Phi) is 5.13. The average molecular weight is 384 g/mol. The van der Waals surface area contributed by atoms with Crippen LogP contribution in [0.25, 0.3) is 16.9 Å². The number of nitrogens with one attached hydrogen (secondary N) is 1. The Morgan fingerprint density at radius 2 is 2.15 bits per heavy atom. The zero-order valence-corrected chi connectivity index (χ0v) is 15.3. The lowest BCUT2D eigenvalue weighted by Crippen LogP contribution is -2.32. The van der Waals surface area contributed by atoms with Crippen molar-refractivity contribution in [2.75, 3.05) is 13.2 Å². The fourth-order valence-electron chi connectivity index (χ4n) is 3.06. The van der Waals surface area contributed by atoms with Crippen molar-refractivity contribution in [3.8, 4) is 16.9 Å². The highest BCUT2D eigenvalue weighted by atomic mass is 35.5. The van der Waals surface area contributed by atoms with Crippen molar-refractivity contribution in [1.82, 2.24) is 25.3 Å². The zero-order valence-electron chi connectivity index (χ0n) is 14.5. The maximum Gasteiger partial charge on any atom is 0.274 e. The van der Waals surface area contributed by atoms with Gasteiger partial charge in [-0.15, -0.1) is 5.10 Å². The molecule has 0 saturated carbocycles. The van der Waals surface area contributed by atoms with Crippen LogP contribution < -0.4 is 5.32 Å². The molecular weight excluding hydrogens is 366 g/mol. The Labute approximate surface area is 161 Å². The van der Waals surface area contributed by atoms with Gasteiger partial charge in [0.15, 0.2) is 5.69 Å². The topological polar surface area (TPSA) is 81.9 Å². The summed E-state index contributed by atoms with van der Waals surface area (Å²) in [4.78, 5) is 16.9. The minimum absolute atomic E-state index is 0.0575. The second-order valence-electron chi connectivity index (χ2n) is 6.26. The molecule has 1 amide bonds. The molecule has 27 heavy (non-hydrogen) atoms. The van der Waals surface area contributed by atoms with Crippen LogP contribution in [0.5, 0.6) is 0 Å². The standard InChI is InChI=1S/C19H18ClN5O2/c20-14-5-7-15(8-6-14)25-18(13-3-1-9-21-11-13)17(23-24-25)19(26)22-12-16-4-2-10-27-16/h1,3,5-9,11,16H,2,4,10,12H2,(H,22,26). The molecule has 0 spiro atoms. The fraction of sp³-hybridized carbons (Fsp3) is 0.263. The maximum absolute atomic E-state index is 12.8. The molecule has 3 heterocycles. The number of carbonyl (C=O) groups excluding carboxylic acids is 1. The van der Waals surface area contributed by atoms with Crippen molar-refractivity contribution >= 4 is 17.5 Å². The summed E-state index contributed by atoms with van der Waals surface area (Å²) in [6, 6.07) is 10.9. The summed E-state index contributed by atoms with van der Waals surface area (Å²) in [5.41, 5.74) is 2.33. The quantitative estimate of drug-likeness (QED) is 0.732. The van der Waals surface area contributed by atoms with Crippen LogP contribution in [-0.4, -0.2) is 45.1 Å². The molecule has 2 aromatic heterocycles. The SMILES string of the molecule is O=C(NCC1CCCO1)c1nnn(-c2ccc(Cl)cc2)c1-c1cccnc1. The van der Waals surface area contributed by atoms with E-state index in [4.69, 9.17) is 16.3 Å². The highest BCUT2D eigenvalue weighted by molar-refractivity contribution is 6.30. The lowest BCUT2D eigenvalue weighted by Gasteiger charge is -2.11. The van der Waals surface area contributed by atoms with Crippen LogP contribution in [0.2, 0.25) is 5.02 Å². The summed E-state index contributed by atoms with van der Waals surface area (Å²) in [6.07, 6.45) is 5.39. The number of halogens is 1. The van der Waals surface area contributed by atoms with Crippen LogP contribution in [0.15, 0.2) is 48.8 Å². The van der Waals surface area contributed by atoms with Gasteiger partial charge in [-0.05, 0) is 49.2 Å². The Balaban J connectivity index is 1.68. The molecule has 4 rings (SSSR count). The lowest BCUT2D eigenvalue weighted by atomic mass is 10.1. The third kappa shape index (κ3) is 3.84. The molecule has 3 aromatic rings. The largest absolute Gasteiger partial charge is 0.376 e. The Morgan fingerprint density at radius 1 is 1.30 bits per heavy atom. The molecule has 1 unspecified atom stereocenters. The van der Waals surface area contributed by atoms with Gasteiger partial charge in [0, 0.05) is 36.1 Å². The molecule has 1 aliphatic rings. The molecule has 1 aromatic carbocycles. The second-order valence-corrected chi connectivity index (χ2v) is 6.70. The highest BCUT2D eigenvalue weighted by Crippen LogP contribution is 2.25. The van der Waals surface area contributed by atoms with Crippen molar-refractivity contribution in [2.24, 2.45) is 0 Å². The van der Waals surface area contributed by atoms with E-state index in [-0.39, 0.29) is 17.7 Å². The molecule has 1 fully saturated rings. The average Bonchev–Trinajstić information content (AvgIpc) is 3.37. The smallest absolute Gasteiger partial charge is 0.274 e. The van der Waals surface area contributed by atoms with Gasteiger partial charge in [-0.2, -0.15) is 0 Å². The molecule has 1 atom stereocenters. The van der Waals surface area contributed by atoms with E-state index in [9.17, 15) is 4.79 Å². The molecule has 0 aliphatic carbocycles. The van der Waals surface area contributed by atoms with Crippen molar-refractivity contribution in [3.63, 3.8) is 0 Å². The van der Waals surface area contributed by atoms with E-state index in [0.717, 1.165) is 30.7 Å².